The number of nitrogens with zero attached hydrogens (tertiary/aromatic N) is 3. The van der Waals surface area contributed by atoms with E-state index >= 15 is 0 Å². The number of hydrogen-bond donors (Lipinski definition) is 1. The van der Waals surface area contributed by atoms with Crippen LogP contribution in [0.2, 0.25) is 0 Å². The molecule has 0 bridgehead atoms. The van der Waals surface area contributed by atoms with Crippen molar-refractivity contribution in [1.82, 2.24) is 14.7 Å². The third-order valence-electron chi connectivity index (χ3n) is 6.22. The fourth-order valence-electron chi connectivity index (χ4n) is 4.58. The molecule has 5 nitrogen and oxygen atoms in total. The van der Waals surface area contributed by atoms with Gasteiger partial charge in [-0.2, -0.15) is 5.10 Å². The molecule has 1 saturated heterocycles. The van der Waals surface area contributed by atoms with Crippen molar-refractivity contribution in [2.75, 3.05) is 26.2 Å². The molecule has 5 heteroatoms. The molecule has 0 spiro atoms. The van der Waals surface area contributed by atoms with Gasteiger partial charge < -0.3 is 9.80 Å². The number of hydrogen-bond acceptors (Lipinski definition) is 2. The second kappa shape index (κ2) is 9.20. The first kappa shape index (κ1) is 20.2. The second-order valence-electron chi connectivity index (χ2n) is 8.21. The molecule has 1 N–H and O–H groups in total. The standard InChI is InChI=1S/C27H26N4O/c32-27(24-20-28-31(21-24)25-14-8-3-9-15-25)30-18-16-29(17-19-30)26(22-10-4-1-5-11-22)23-12-6-2-7-13-23/h1-15,20-21,26H,16-19H2/p+1. The fraction of sp³-hybridized carbons (Fsp3) is 0.185. The highest BCUT2D eigenvalue weighted by atomic mass is 16.2. The summed E-state index contributed by atoms with van der Waals surface area (Å²) in [5, 5.41) is 4.39. The number of para-hydroxylation sites is 1. The van der Waals surface area contributed by atoms with Crippen molar-refractivity contribution in [3.8, 4) is 5.69 Å². The van der Waals surface area contributed by atoms with Gasteiger partial charge in [-0.3, -0.25) is 4.79 Å². The van der Waals surface area contributed by atoms with E-state index in [1.165, 1.54) is 16.0 Å². The van der Waals surface area contributed by atoms with E-state index in [0.717, 1.165) is 31.9 Å². The lowest BCUT2D eigenvalue weighted by Gasteiger charge is -2.37. The van der Waals surface area contributed by atoms with E-state index in [2.05, 4.69) is 65.8 Å². The highest BCUT2D eigenvalue weighted by Gasteiger charge is 2.32. The van der Waals surface area contributed by atoms with Crippen LogP contribution in [0.1, 0.15) is 27.5 Å². The molecular weight excluding hydrogens is 396 g/mol. The molecule has 5 rings (SSSR count). The molecule has 1 fully saturated rings. The van der Waals surface area contributed by atoms with Crippen molar-refractivity contribution in [3.05, 3.63) is 120 Å². The molecule has 1 aromatic heterocycles. The van der Waals surface area contributed by atoms with E-state index in [0.29, 0.717) is 5.56 Å². The van der Waals surface area contributed by atoms with Crippen molar-refractivity contribution >= 4 is 5.91 Å². The molecule has 1 aliphatic rings. The molecule has 1 aliphatic heterocycles. The number of rotatable bonds is 5. The summed E-state index contributed by atoms with van der Waals surface area (Å²) in [4.78, 5) is 16.6. The third kappa shape index (κ3) is 4.20. The molecule has 0 unspecified atom stereocenters. The maximum Gasteiger partial charge on any atom is 0.257 e. The van der Waals surface area contributed by atoms with Gasteiger partial charge in [0.1, 0.15) is 6.04 Å². The summed E-state index contributed by atoms with van der Waals surface area (Å²) >= 11 is 0. The summed E-state index contributed by atoms with van der Waals surface area (Å²) in [6.45, 7) is 3.29. The Morgan fingerprint density at radius 1 is 0.781 bits per heavy atom. The van der Waals surface area contributed by atoms with Crippen LogP contribution in [0.5, 0.6) is 0 Å². The van der Waals surface area contributed by atoms with Crippen LogP contribution in [-0.4, -0.2) is 46.8 Å². The predicted octanol–water partition coefficient (Wildman–Crippen LogP) is 3.00. The minimum atomic E-state index is 0.0576. The Hall–Kier alpha value is -3.70. The monoisotopic (exact) mass is 423 g/mol. The number of amides is 1. The van der Waals surface area contributed by atoms with Crippen LogP contribution < -0.4 is 4.90 Å². The first-order valence-corrected chi connectivity index (χ1v) is 11.1. The Kier molecular flexibility index (Phi) is 5.81. The van der Waals surface area contributed by atoms with Crippen molar-refractivity contribution in [2.24, 2.45) is 0 Å². The minimum Gasteiger partial charge on any atom is -0.327 e. The van der Waals surface area contributed by atoms with Crippen LogP contribution in [-0.2, 0) is 0 Å². The number of aromatic nitrogens is 2. The minimum absolute atomic E-state index is 0.0576. The lowest BCUT2D eigenvalue weighted by molar-refractivity contribution is -0.929. The summed E-state index contributed by atoms with van der Waals surface area (Å²) in [6.07, 6.45) is 3.50. The van der Waals surface area contributed by atoms with Crippen LogP contribution in [0.15, 0.2) is 103 Å². The van der Waals surface area contributed by atoms with Crippen molar-refractivity contribution in [3.63, 3.8) is 0 Å². The Bertz CT molecular complexity index is 1110. The predicted molar refractivity (Wildman–Crippen MR) is 125 cm³/mol. The molecule has 0 atom stereocenters. The Balaban J connectivity index is 1.30. The van der Waals surface area contributed by atoms with Crippen molar-refractivity contribution < 1.29 is 9.69 Å². The van der Waals surface area contributed by atoms with Crippen molar-refractivity contribution in [2.45, 2.75) is 6.04 Å². The van der Waals surface area contributed by atoms with Gasteiger partial charge in [-0.05, 0) is 12.1 Å². The Morgan fingerprint density at radius 2 is 1.31 bits per heavy atom. The Labute approximate surface area is 188 Å². The number of piperazine rings is 1. The number of quaternary nitrogens is 1. The average molecular weight is 424 g/mol. The van der Waals surface area contributed by atoms with E-state index in [9.17, 15) is 4.79 Å². The van der Waals surface area contributed by atoms with Gasteiger partial charge in [0.2, 0.25) is 0 Å². The summed E-state index contributed by atoms with van der Waals surface area (Å²) in [7, 11) is 0. The summed E-state index contributed by atoms with van der Waals surface area (Å²) in [5.74, 6) is 0.0576. The fourth-order valence-corrected chi connectivity index (χ4v) is 4.58. The van der Waals surface area contributed by atoms with Crippen LogP contribution in [0.4, 0.5) is 0 Å². The van der Waals surface area contributed by atoms with Gasteiger partial charge in [-0.15, -0.1) is 0 Å². The van der Waals surface area contributed by atoms with E-state index in [1.54, 1.807) is 10.9 Å². The first-order valence-electron chi connectivity index (χ1n) is 11.1. The largest absolute Gasteiger partial charge is 0.327 e. The second-order valence-corrected chi connectivity index (χ2v) is 8.21. The van der Waals surface area contributed by atoms with Crippen LogP contribution in [0, 0.1) is 0 Å². The molecule has 0 aliphatic carbocycles. The Morgan fingerprint density at radius 3 is 1.88 bits per heavy atom. The lowest BCUT2D eigenvalue weighted by atomic mass is 9.96. The first-order chi connectivity index (χ1) is 15.8. The van der Waals surface area contributed by atoms with Gasteiger partial charge in [0.15, 0.2) is 0 Å². The van der Waals surface area contributed by atoms with Gasteiger partial charge in [0, 0.05) is 17.3 Å². The smallest absolute Gasteiger partial charge is 0.257 e. The molecule has 0 saturated carbocycles. The van der Waals surface area contributed by atoms with E-state index in [-0.39, 0.29) is 11.9 Å². The number of nitrogens with one attached hydrogen (secondary N) is 1. The maximum absolute atomic E-state index is 13.1. The molecule has 160 valence electrons. The molecule has 2 heterocycles. The summed E-state index contributed by atoms with van der Waals surface area (Å²) in [5.41, 5.74) is 4.23. The molecule has 4 aromatic rings. The topological polar surface area (TPSA) is 42.6 Å². The molecular formula is C27H27N4O+. The van der Waals surface area contributed by atoms with E-state index in [1.807, 2.05) is 41.4 Å². The zero-order chi connectivity index (χ0) is 21.8. The SMILES string of the molecule is O=C(c1cnn(-c2ccccc2)c1)N1CC[NH+](C(c2ccccc2)c2ccccc2)CC1. The van der Waals surface area contributed by atoms with Crippen LogP contribution >= 0.6 is 0 Å². The van der Waals surface area contributed by atoms with Gasteiger partial charge in [-0.25, -0.2) is 4.68 Å². The van der Waals surface area contributed by atoms with Gasteiger partial charge in [0.25, 0.3) is 5.91 Å². The molecule has 3 aromatic carbocycles. The number of carbonyl (C=O) groups is 1. The highest BCUT2D eigenvalue weighted by Crippen LogP contribution is 2.19. The molecule has 0 radical (unpaired) electrons. The van der Waals surface area contributed by atoms with Gasteiger partial charge in [-0.1, -0.05) is 78.9 Å². The quantitative estimate of drug-likeness (QED) is 0.536. The maximum atomic E-state index is 13.1. The summed E-state index contributed by atoms with van der Waals surface area (Å²) < 4.78 is 1.76. The highest BCUT2D eigenvalue weighted by molar-refractivity contribution is 5.93. The van der Waals surface area contributed by atoms with Gasteiger partial charge in [0.05, 0.1) is 43.6 Å². The van der Waals surface area contributed by atoms with Crippen LogP contribution in [0.3, 0.4) is 0 Å². The normalized spacial score (nSPS) is 14.6. The number of benzene rings is 3. The lowest BCUT2D eigenvalue weighted by Crippen LogP contribution is -3.15. The van der Waals surface area contributed by atoms with E-state index < -0.39 is 0 Å². The van der Waals surface area contributed by atoms with E-state index in [4.69, 9.17) is 0 Å². The van der Waals surface area contributed by atoms with Crippen LogP contribution in [0.25, 0.3) is 5.69 Å². The third-order valence-corrected chi connectivity index (χ3v) is 6.22. The molecule has 1 amide bonds. The van der Waals surface area contributed by atoms with Crippen molar-refractivity contribution in [1.29, 1.82) is 0 Å². The summed E-state index contributed by atoms with van der Waals surface area (Å²) in [6, 6.07) is 31.5. The zero-order valence-corrected chi connectivity index (χ0v) is 18.0. The average Bonchev–Trinajstić information content (AvgIpc) is 3.37. The number of carbonyl (C=O) groups excluding carboxylic acids is 1. The zero-order valence-electron chi connectivity index (χ0n) is 18.0. The van der Waals surface area contributed by atoms with Gasteiger partial charge >= 0.3 is 0 Å². The molecule has 32 heavy (non-hydrogen) atoms.